The molecule has 2 saturated carbocycles. The summed E-state index contributed by atoms with van der Waals surface area (Å²) < 4.78 is 11.5. The zero-order chi connectivity index (χ0) is 34.7. The van der Waals surface area contributed by atoms with Crippen molar-refractivity contribution < 1.29 is 19.1 Å². The third-order valence-corrected chi connectivity index (χ3v) is 10.4. The Morgan fingerprint density at radius 2 is 1.26 bits per heavy atom. The number of amides is 2. The number of hydrogen-bond acceptors (Lipinski definition) is 6. The molecule has 3 aromatic carbocycles. The number of hydrogen-bond donors (Lipinski definition) is 2. The summed E-state index contributed by atoms with van der Waals surface area (Å²) in [5.41, 5.74) is 4.29. The van der Waals surface area contributed by atoms with E-state index in [0.29, 0.717) is 11.8 Å². The van der Waals surface area contributed by atoms with Gasteiger partial charge in [-0.2, -0.15) is 0 Å². The largest absolute Gasteiger partial charge is 0.444 e. The Balaban J connectivity index is 0.949. The summed E-state index contributed by atoms with van der Waals surface area (Å²) >= 11 is 0. The molecule has 0 radical (unpaired) electrons. The van der Waals surface area contributed by atoms with Crippen LogP contribution in [0.4, 0.5) is 9.59 Å². The van der Waals surface area contributed by atoms with Gasteiger partial charge in [-0.05, 0) is 121 Å². The van der Waals surface area contributed by atoms with E-state index < -0.39 is 11.2 Å². The van der Waals surface area contributed by atoms with Crippen molar-refractivity contribution in [1.29, 1.82) is 0 Å². The average Bonchev–Trinajstić information content (AvgIpc) is 3.69. The molecule has 6 atom stereocenters. The summed E-state index contributed by atoms with van der Waals surface area (Å²) in [6, 6.07) is 16.6. The van der Waals surface area contributed by atoms with Crippen LogP contribution in [0.25, 0.3) is 32.8 Å². The second-order valence-corrected chi connectivity index (χ2v) is 16.5. The van der Waals surface area contributed by atoms with Crippen molar-refractivity contribution >= 4 is 45.0 Å². The fourth-order valence-electron chi connectivity index (χ4n) is 8.02. The summed E-state index contributed by atoms with van der Waals surface area (Å²) in [4.78, 5) is 46.9. The number of likely N-dealkylation sites (tertiary alicyclic amines) is 2. The number of carbonyl (C=O) groups excluding carboxylic acids is 2. The lowest BCUT2D eigenvalue weighted by Gasteiger charge is -2.29. The van der Waals surface area contributed by atoms with Gasteiger partial charge < -0.3 is 19.4 Å². The summed E-state index contributed by atoms with van der Waals surface area (Å²) in [5.74, 6) is 9.31. The minimum absolute atomic E-state index is 0.113. The molecule has 9 rings (SSSR count). The van der Waals surface area contributed by atoms with Crippen LogP contribution >= 0.6 is 0 Å². The van der Waals surface area contributed by atoms with Crippen LogP contribution in [0.2, 0.25) is 0 Å². The molecule has 2 aliphatic heterocycles. The molecule has 10 heteroatoms. The lowest BCUT2D eigenvalue weighted by atomic mass is 10.1. The number of aromatic nitrogens is 4. The Morgan fingerprint density at radius 3 is 1.88 bits per heavy atom. The molecule has 0 bridgehead atoms. The van der Waals surface area contributed by atoms with Crippen molar-refractivity contribution in [2.45, 2.75) is 103 Å². The van der Waals surface area contributed by atoms with E-state index in [1.807, 2.05) is 75.6 Å². The highest BCUT2D eigenvalue weighted by atomic mass is 16.6. The molecule has 2 saturated heterocycles. The standard InChI is InChI=1S/C40H42N6O4/c1-39(2,3)49-37(47)45-30-17-24(30)19-32(45)35-41-27-13-10-22(16-29(27)43-35)8-7-21-9-12-26-23(15-21)11-14-28-34(26)44-36(42-28)33-20-25-18-31(25)46(33)38(48)50-40(4,5)6/h9-16,24-25,30-33H,17-20H2,1-6H3,(H,41,43)(H,42,44)/t24?,25-,30?,31-,32+,33+/m1/s1. The van der Waals surface area contributed by atoms with Crippen LogP contribution in [0.3, 0.4) is 0 Å². The lowest BCUT2D eigenvalue weighted by molar-refractivity contribution is 0.0164. The molecule has 0 spiro atoms. The predicted octanol–water partition coefficient (Wildman–Crippen LogP) is 8.13. The van der Waals surface area contributed by atoms with Gasteiger partial charge in [-0.25, -0.2) is 19.6 Å². The maximum atomic E-state index is 13.1. The molecular formula is C40H42N6O4. The first kappa shape index (κ1) is 31.0. The molecule has 4 aliphatic rings. The Hall–Kier alpha value is -5.04. The second kappa shape index (κ2) is 10.7. The highest BCUT2D eigenvalue weighted by Crippen LogP contribution is 2.54. The number of nitrogens with one attached hydrogen (secondary N) is 2. The molecule has 50 heavy (non-hydrogen) atoms. The topological polar surface area (TPSA) is 116 Å². The van der Waals surface area contributed by atoms with Gasteiger partial charge in [-0.1, -0.05) is 24.0 Å². The van der Waals surface area contributed by atoms with Crippen LogP contribution in [0.5, 0.6) is 0 Å². The van der Waals surface area contributed by atoms with E-state index in [2.05, 4.69) is 46.1 Å². The van der Waals surface area contributed by atoms with Crippen LogP contribution < -0.4 is 0 Å². The van der Waals surface area contributed by atoms with Gasteiger partial charge in [0.15, 0.2) is 0 Å². The van der Waals surface area contributed by atoms with Gasteiger partial charge in [0.05, 0.1) is 34.2 Å². The van der Waals surface area contributed by atoms with E-state index in [1.165, 1.54) is 0 Å². The third kappa shape index (κ3) is 5.53. The second-order valence-electron chi connectivity index (χ2n) is 16.5. The molecule has 2 aromatic heterocycles. The molecule has 4 fully saturated rings. The first-order chi connectivity index (χ1) is 23.8. The Bertz CT molecular complexity index is 2280. The van der Waals surface area contributed by atoms with Crippen LogP contribution in [0, 0.1) is 23.7 Å². The Labute approximate surface area is 290 Å². The van der Waals surface area contributed by atoms with Gasteiger partial charge in [0, 0.05) is 28.6 Å². The van der Waals surface area contributed by atoms with Crippen molar-refractivity contribution in [2.75, 3.05) is 0 Å². The number of piperidine rings is 2. The van der Waals surface area contributed by atoms with E-state index in [9.17, 15) is 9.59 Å². The van der Waals surface area contributed by atoms with Crippen LogP contribution in [-0.4, -0.2) is 65.2 Å². The SMILES string of the molecule is CC(C)(C)OC(=O)N1C2CC2C[C@H]1c1nc2ccc(C#Cc3ccc4c(ccc5[nH]c([C@@H]6C[C@H]7C[C@H]7N6C(=O)OC(C)(C)C)nc54)c3)cc2[nH]1. The summed E-state index contributed by atoms with van der Waals surface area (Å²) in [5, 5.41) is 2.09. The highest BCUT2D eigenvalue weighted by Gasteiger charge is 2.57. The van der Waals surface area contributed by atoms with Crippen LogP contribution in [0.15, 0.2) is 48.5 Å². The lowest BCUT2D eigenvalue weighted by Crippen LogP contribution is -2.38. The minimum Gasteiger partial charge on any atom is -0.444 e. The minimum atomic E-state index is -0.545. The van der Waals surface area contributed by atoms with Crippen molar-refractivity contribution in [3.05, 3.63) is 71.3 Å². The molecule has 2 amide bonds. The van der Waals surface area contributed by atoms with Crippen molar-refractivity contribution in [1.82, 2.24) is 29.7 Å². The molecule has 2 N–H and O–H groups in total. The van der Waals surface area contributed by atoms with Gasteiger partial charge in [-0.15, -0.1) is 0 Å². The number of imidazole rings is 2. The Morgan fingerprint density at radius 1 is 0.700 bits per heavy atom. The van der Waals surface area contributed by atoms with Crippen molar-refractivity contribution in [2.24, 2.45) is 11.8 Å². The van der Waals surface area contributed by atoms with Crippen LogP contribution in [0.1, 0.15) is 102 Å². The number of rotatable bonds is 2. The first-order valence-corrected chi connectivity index (χ1v) is 17.7. The highest BCUT2D eigenvalue weighted by molar-refractivity contribution is 6.04. The third-order valence-electron chi connectivity index (χ3n) is 10.4. The quantitative estimate of drug-likeness (QED) is 0.183. The molecule has 10 nitrogen and oxygen atoms in total. The molecular weight excluding hydrogens is 628 g/mol. The fraction of sp³-hybridized carbons (Fsp3) is 0.450. The van der Waals surface area contributed by atoms with E-state index in [4.69, 9.17) is 19.4 Å². The van der Waals surface area contributed by atoms with Gasteiger partial charge in [-0.3, -0.25) is 9.80 Å². The molecule has 2 aliphatic carbocycles. The Kier molecular flexibility index (Phi) is 6.65. The fourth-order valence-corrected chi connectivity index (χ4v) is 8.02. The number of carbonyl (C=O) groups is 2. The predicted molar refractivity (Wildman–Crippen MR) is 190 cm³/mol. The average molecular weight is 671 g/mol. The van der Waals surface area contributed by atoms with E-state index >= 15 is 0 Å². The summed E-state index contributed by atoms with van der Waals surface area (Å²) in [7, 11) is 0. The molecule has 2 unspecified atom stereocenters. The van der Waals surface area contributed by atoms with Gasteiger partial charge in [0.2, 0.25) is 0 Å². The van der Waals surface area contributed by atoms with Crippen LogP contribution in [-0.2, 0) is 9.47 Å². The number of aromatic amines is 2. The number of nitrogens with zero attached hydrogens (tertiary/aromatic N) is 4. The first-order valence-electron chi connectivity index (χ1n) is 17.7. The molecule has 5 aromatic rings. The van der Waals surface area contributed by atoms with Crippen molar-refractivity contribution in [3.63, 3.8) is 0 Å². The number of fused-ring (bicyclic) bond motifs is 6. The number of benzene rings is 3. The monoisotopic (exact) mass is 670 g/mol. The van der Waals surface area contributed by atoms with Gasteiger partial charge in [0.25, 0.3) is 0 Å². The summed E-state index contributed by atoms with van der Waals surface area (Å²) in [6.07, 6.45) is 3.35. The normalized spacial score (nSPS) is 25.4. The summed E-state index contributed by atoms with van der Waals surface area (Å²) in [6.45, 7) is 11.4. The molecule has 4 heterocycles. The van der Waals surface area contributed by atoms with E-state index in [1.54, 1.807) is 0 Å². The molecule has 256 valence electrons. The number of ether oxygens (including phenoxy) is 2. The van der Waals surface area contributed by atoms with E-state index in [-0.39, 0.29) is 36.4 Å². The number of H-pyrrole nitrogens is 2. The smallest absolute Gasteiger partial charge is 0.411 e. The van der Waals surface area contributed by atoms with E-state index in [0.717, 1.165) is 81.3 Å². The van der Waals surface area contributed by atoms with Gasteiger partial charge >= 0.3 is 12.2 Å². The van der Waals surface area contributed by atoms with Crippen molar-refractivity contribution in [3.8, 4) is 11.8 Å². The van der Waals surface area contributed by atoms with Gasteiger partial charge in [0.1, 0.15) is 22.9 Å². The zero-order valence-corrected chi connectivity index (χ0v) is 29.3. The maximum Gasteiger partial charge on any atom is 0.411 e. The zero-order valence-electron chi connectivity index (χ0n) is 29.3. The maximum absolute atomic E-state index is 13.1.